The minimum Gasteiger partial charge on any atom is -0.462 e. The summed E-state index contributed by atoms with van der Waals surface area (Å²) < 4.78 is 34.6. The Balaban J connectivity index is 3.94. The lowest BCUT2D eigenvalue weighted by molar-refractivity contribution is -0.870. The quantitative estimate of drug-likeness (QED) is 0.0211. The van der Waals surface area contributed by atoms with E-state index in [-0.39, 0.29) is 32.0 Å². The number of rotatable bonds is 61. The van der Waals surface area contributed by atoms with Crippen molar-refractivity contribution in [1.82, 2.24) is 0 Å². The van der Waals surface area contributed by atoms with E-state index in [9.17, 15) is 19.0 Å². The van der Waals surface area contributed by atoms with Gasteiger partial charge in [0.25, 0.3) is 0 Å². The second-order valence-electron chi connectivity index (χ2n) is 23.5. The summed E-state index contributed by atoms with van der Waals surface area (Å²) in [6, 6.07) is 0. The summed E-state index contributed by atoms with van der Waals surface area (Å²) in [6.07, 6.45) is 77.5. The fourth-order valence-corrected chi connectivity index (χ4v) is 10.2. The molecule has 9 nitrogen and oxygen atoms in total. The first-order valence-electron chi connectivity index (χ1n) is 33.0. The lowest BCUT2D eigenvalue weighted by Crippen LogP contribution is -2.37. The van der Waals surface area contributed by atoms with E-state index < -0.39 is 26.5 Å². The molecule has 0 aliphatic rings. The topological polar surface area (TPSA) is 108 Å². The maximum Gasteiger partial charge on any atom is 0.472 e. The Labute approximate surface area is 483 Å². The average molecular weight is 1120 g/mol. The molecule has 0 spiro atoms. The predicted octanol–water partition coefficient (Wildman–Crippen LogP) is 21.0. The standard InChI is InChI=1S/C68H126NO8P/c1-6-8-10-12-14-16-18-20-22-24-25-26-27-28-29-30-31-32-33-34-35-36-37-38-39-40-41-42-43-45-47-49-51-53-55-57-59-61-68(71)77-66(65-76-78(72,73)75-63-62-69(3,4)5)64-74-67(70)60-58-56-54-52-50-48-46-44-23-21-19-17-15-13-11-9-7-2/h8,10,14,16,20-23,25-26,66H,6-7,9,11-13,15,17-19,24,27-65H2,1-5H3/p+1/b10-8-,16-14-,22-20-,23-21-,26-25-. The number of esters is 2. The highest BCUT2D eigenvalue weighted by molar-refractivity contribution is 7.47. The van der Waals surface area contributed by atoms with Crippen molar-refractivity contribution in [3.8, 4) is 0 Å². The Bertz CT molecular complexity index is 1500. The van der Waals surface area contributed by atoms with E-state index in [4.69, 9.17) is 18.5 Å². The van der Waals surface area contributed by atoms with E-state index >= 15 is 0 Å². The number of quaternary nitrogens is 1. The highest BCUT2D eigenvalue weighted by atomic mass is 31.2. The van der Waals surface area contributed by atoms with E-state index in [0.29, 0.717) is 17.4 Å². The Morgan fingerprint density at radius 2 is 0.731 bits per heavy atom. The first-order valence-corrected chi connectivity index (χ1v) is 34.5. The molecule has 10 heteroatoms. The zero-order valence-electron chi connectivity index (χ0n) is 51.9. The van der Waals surface area contributed by atoms with E-state index in [0.717, 1.165) is 57.8 Å². The molecule has 0 saturated heterocycles. The Morgan fingerprint density at radius 3 is 1.10 bits per heavy atom. The lowest BCUT2D eigenvalue weighted by atomic mass is 10.0. The molecule has 456 valence electrons. The number of hydrogen-bond acceptors (Lipinski definition) is 7. The van der Waals surface area contributed by atoms with Gasteiger partial charge in [-0.15, -0.1) is 0 Å². The molecule has 0 fully saturated rings. The minimum absolute atomic E-state index is 0.0324. The van der Waals surface area contributed by atoms with Crippen LogP contribution in [0.25, 0.3) is 0 Å². The van der Waals surface area contributed by atoms with Crippen molar-refractivity contribution in [2.75, 3.05) is 47.5 Å². The number of phosphoric ester groups is 1. The van der Waals surface area contributed by atoms with Gasteiger partial charge >= 0.3 is 19.8 Å². The number of carbonyl (C=O) groups excluding carboxylic acids is 2. The predicted molar refractivity (Wildman–Crippen MR) is 335 cm³/mol. The van der Waals surface area contributed by atoms with Gasteiger partial charge in [0.15, 0.2) is 6.10 Å². The van der Waals surface area contributed by atoms with Gasteiger partial charge in [0.2, 0.25) is 0 Å². The molecule has 2 unspecified atom stereocenters. The first kappa shape index (κ1) is 75.7. The van der Waals surface area contributed by atoms with E-state index in [1.807, 2.05) is 21.1 Å². The summed E-state index contributed by atoms with van der Waals surface area (Å²) in [5.41, 5.74) is 0. The number of phosphoric acid groups is 1. The maximum atomic E-state index is 12.8. The highest BCUT2D eigenvalue weighted by Gasteiger charge is 2.27. The fraction of sp³-hybridized carbons (Fsp3) is 0.824. The molecular weight excluding hydrogens is 990 g/mol. The van der Waals surface area contributed by atoms with Crippen molar-refractivity contribution in [3.05, 3.63) is 60.8 Å². The monoisotopic (exact) mass is 1120 g/mol. The van der Waals surface area contributed by atoms with Crippen molar-refractivity contribution in [3.63, 3.8) is 0 Å². The smallest absolute Gasteiger partial charge is 0.462 e. The number of hydrogen-bond donors (Lipinski definition) is 1. The van der Waals surface area contributed by atoms with Crippen LogP contribution in [-0.2, 0) is 32.7 Å². The van der Waals surface area contributed by atoms with Crippen LogP contribution in [0.15, 0.2) is 60.8 Å². The molecule has 1 N–H and O–H groups in total. The molecule has 0 bridgehead atoms. The largest absolute Gasteiger partial charge is 0.472 e. The second-order valence-corrected chi connectivity index (χ2v) is 24.9. The number of carbonyl (C=O) groups is 2. The number of nitrogens with zero attached hydrogens (tertiary/aromatic N) is 1. The average Bonchev–Trinajstić information content (AvgIpc) is 3.41. The van der Waals surface area contributed by atoms with Gasteiger partial charge in [0, 0.05) is 12.8 Å². The third-order valence-corrected chi connectivity index (χ3v) is 15.5. The molecule has 0 heterocycles. The van der Waals surface area contributed by atoms with Crippen LogP contribution in [0.2, 0.25) is 0 Å². The molecule has 0 radical (unpaired) electrons. The van der Waals surface area contributed by atoms with Gasteiger partial charge in [-0.1, -0.05) is 280 Å². The summed E-state index contributed by atoms with van der Waals surface area (Å²) in [7, 11) is 1.49. The number of unbranched alkanes of at least 4 members (excludes halogenated alkanes) is 37. The van der Waals surface area contributed by atoms with Gasteiger partial charge in [-0.3, -0.25) is 18.6 Å². The Morgan fingerprint density at radius 1 is 0.410 bits per heavy atom. The minimum atomic E-state index is -4.39. The van der Waals surface area contributed by atoms with Crippen LogP contribution < -0.4 is 0 Å². The highest BCUT2D eigenvalue weighted by Crippen LogP contribution is 2.43. The third kappa shape index (κ3) is 62.9. The summed E-state index contributed by atoms with van der Waals surface area (Å²) in [6.45, 7) is 4.35. The van der Waals surface area contributed by atoms with Crippen molar-refractivity contribution in [1.29, 1.82) is 0 Å². The summed E-state index contributed by atoms with van der Waals surface area (Å²) >= 11 is 0. The third-order valence-electron chi connectivity index (χ3n) is 14.5. The van der Waals surface area contributed by atoms with E-state index in [1.165, 1.54) is 218 Å². The first-order chi connectivity index (χ1) is 38.0. The SMILES string of the molecule is CC/C=C\C/C=C\C/C=C\C/C=C\CCCCCCCCCCCCCCCCCCCCCCCCCCC(=O)OC(COC(=O)CCCCCCCCC/C=C\CCCCCCCC)COP(=O)(O)OCC[N+](C)(C)C. The molecule has 0 aromatic rings. The molecule has 0 saturated carbocycles. The van der Waals surface area contributed by atoms with E-state index in [1.54, 1.807) is 0 Å². The number of allylic oxidation sites excluding steroid dienone is 10. The van der Waals surface area contributed by atoms with Crippen molar-refractivity contribution in [2.45, 2.75) is 315 Å². The van der Waals surface area contributed by atoms with Crippen LogP contribution >= 0.6 is 7.82 Å². The van der Waals surface area contributed by atoms with Crippen molar-refractivity contribution < 1.29 is 42.1 Å². The van der Waals surface area contributed by atoms with Gasteiger partial charge in [0.05, 0.1) is 27.7 Å². The van der Waals surface area contributed by atoms with Gasteiger partial charge < -0.3 is 18.9 Å². The number of likely N-dealkylation sites (N-methyl/N-ethyl adjacent to an activating group) is 1. The van der Waals surface area contributed by atoms with Crippen LogP contribution in [-0.4, -0.2) is 74.9 Å². The molecule has 78 heavy (non-hydrogen) atoms. The van der Waals surface area contributed by atoms with Gasteiger partial charge in [-0.25, -0.2) is 4.57 Å². The molecule has 0 amide bonds. The molecule has 0 aromatic heterocycles. The Kier molecular flexibility index (Phi) is 57.6. The normalized spacial score (nSPS) is 13.6. The van der Waals surface area contributed by atoms with Gasteiger partial charge in [-0.05, 0) is 77.0 Å². The van der Waals surface area contributed by atoms with E-state index in [2.05, 4.69) is 74.6 Å². The zero-order valence-corrected chi connectivity index (χ0v) is 52.8. The zero-order chi connectivity index (χ0) is 57.0. The summed E-state index contributed by atoms with van der Waals surface area (Å²) in [4.78, 5) is 35.7. The van der Waals surface area contributed by atoms with Crippen LogP contribution in [0.1, 0.15) is 309 Å². The van der Waals surface area contributed by atoms with Crippen LogP contribution in [0.4, 0.5) is 0 Å². The fourth-order valence-electron chi connectivity index (χ4n) is 9.48. The van der Waals surface area contributed by atoms with Gasteiger partial charge in [0.1, 0.15) is 19.8 Å². The molecule has 0 aliphatic heterocycles. The van der Waals surface area contributed by atoms with Crippen molar-refractivity contribution in [2.24, 2.45) is 0 Å². The molecule has 0 aromatic carbocycles. The van der Waals surface area contributed by atoms with Crippen molar-refractivity contribution >= 4 is 19.8 Å². The van der Waals surface area contributed by atoms with Crippen LogP contribution in [0, 0.1) is 0 Å². The Hall–Kier alpha value is -2.29. The van der Waals surface area contributed by atoms with Crippen LogP contribution in [0.5, 0.6) is 0 Å². The van der Waals surface area contributed by atoms with Crippen LogP contribution in [0.3, 0.4) is 0 Å². The molecule has 2 atom stereocenters. The lowest BCUT2D eigenvalue weighted by Gasteiger charge is -2.24. The summed E-state index contributed by atoms with van der Waals surface area (Å²) in [5, 5.41) is 0. The molecule has 0 rings (SSSR count). The molecule has 0 aliphatic carbocycles. The van der Waals surface area contributed by atoms with Gasteiger partial charge in [-0.2, -0.15) is 0 Å². The second kappa shape index (κ2) is 59.3. The maximum absolute atomic E-state index is 12.8. The molecular formula is C68H127NO8P+. The summed E-state index contributed by atoms with van der Waals surface area (Å²) in [5.74, 6) is -0.788. The number of ether oxygens (including phenoxy) is 2.